The summed E-state index contributed by atoms with van der Waals surface area (Å²) in [6, 6.07) is 22.8. The lowest BCUT2D eigenvalue weighted by Crippen LogP contribution is -2.19. The van der Waals surface area contributed by atoms with E-state index in [0.717, 1.165) is 16.3 Å². The van der Waals surface area contributed by atoms with Crippen LogP contribution in [0.4, 0.5) is 17.1 Å². The molecule has 1 heterocycles. The Labute approximate surface area is 184 Å². The van der Waals surface area contributed by atoms with Gasteiger partial charge in [-0.25, -0.2) is 0 Å². The van der Waals surface area contributed by atoms with Crippen molar-refractivity contribution in [2.24, 2.45) is 0 Å². The molecule has 0 saturated heterocycles. The van der Waals surface area contributed by atoms with Gasteiger partial charge < -0.3 is 25.4 Å². The van der Waals surface area contributed by atoms with Crippen molar-refractivity contribution in [3.05, 3.63) is 72.8 Å². The molecule has 1 aliphatic heterocycles. The molecule has 6 nitrogen and oxygen atoms in total. The lowest BCUT2D eigenvalue weighted by Gasteiger charge is -2.11. The number of thiocarbonyl (C=S) groups is 1. The van der Waals surface area contributed by atoms with E-state index in [1.54, 1.807) is 18.2 Å². The van der Waals surface area contributed by atoms with Gasteiger partial charge in [0.25, 0.3) is 0 Å². The van der Waals surface area contributed by atoms with Crippen LogP contribution in [0.5, 0.6) is 11.5 Å². The summed E-state index contributed by atoms with van der Waals surface area (Å²) in [4.78, 5) is 13.3. The summed E-state index contributed by atoms with van der Waals surface area (Å²) in [7, 11) is 0. The fourth-order valence-electron chi connectivity index (χ4n) is 2.80. The van der Waals surface area contributed by atoms with Crippen LogP contribution in [0.25, 0.3) is 0 Å². The zero-order valence-corrected chi connectivity index (χ0v) is 17.5. The number of para-hydroxylation sites is 1. The van der Waals surface area contributed by atoms with Crippen LogP contribution < -0.4 is 25.4 Å². The van der Waals surface area contributed by atoms with Crippen molar-refractivity contribution in [3.8, 4) is 11.5 Å². The fourth-order valence-corrected chi connectivity index (χ4v) is 3.79. The number of fused-ring (bicyclic) bond motifs is 1. The molecule has 0 bridgehead atoms. The van der Waals surface area contributed by atoms with Gasteiger partial charge in [0.2, 0.25) is 12.7 Å². The van der Waals surface area contributed by atoms with Crippen molar-refractivity contribution >= 4 is 52.1 Å². The number of amides is 1. The van der Waals surface area contributed by atoms with Gasteiger partial charge in [-0.05, 0) is 54.7 Å². The lowest BCUT2D eigenvalue weighted by molar-refractivity contribution is -0.113. The van der Waals surface area contributed by atoms with E-state index in [-0.39, 0.29) is 18.5 Å². The maximum atomic E-state index is 12.3. The Morgan fingerprint density at radius 2 is 1.57 bits per heavy atom. The highest BCUT2D eigenvalue weighted by atomic mass is 32.2. The molecule has 0 fully saturated rings. The Balaban J connectivity index is 1.28. The quantitative estimate of drug-likeness (QED) is 0.372. The number of hydrogen-bond donors (Lipinski definition) is 3. The average molecular weight is 438 g/mol. The predicted octanol–water partition coefficient (Wildman–Crippen LogP) is 4.96. The first-order chi connectivity index (χ1) is 14.7. The molecule has 0 atom stereocenters. The highest BCUT2D eigenvalue weighted by Crippen LogP contribution is 2.34. The Kier molecular flexibility index (Phi) is 6.36. The normalized spacial score (nSPS) is 11.6. The molecule has 0 aliphatic carbocycles. The topological polar surface area (TPSA) is 71.6 Å². The van der Waals surface area contributed by atoms with Crippen molar-refractivity contribution in [1.82, 2.24) is 0 Å². The Bertz CT molecular complexity index is 1060. The van der Waals surface area contributed by atoms with Crippen molar-refractivity contribution < 1.29 is 14.3 Å². The number of thioether (sulfide) groups is 1. The van der Waals surface area contributed by atoms with E-state index in [1.165, 1.54) is 11.8 Å². The monoisotopic (exact) mass is 437 g/mol. The molecule has 3 N–H and O–H groups in total. The molecule has 3 aromatic carbocycles. The summed E-state index contributed by atoms with van der Waals surface area (Å²) < 4.78 is 10.6. The van der Waals surface area contributed by atoms with Gasteiger partial charge in [-0.1, -0.05) is 24.3 Å². The molecule has 30 heavy (non-hydrogen) atoms. The molecular weight excluding hydrogens is 418 g/mol. The second kappa shape index (κ2) is 9.51. The van der Waals surface area contributed by atoms with Crippen LogP contribution in [0.3, 0.4) is 0 Å². The van der Waals surface area contributed by atoms with E-state index < -0.39 is 0 Å². The third kappa shape index (κ3) is 5.43. The van der Waals surface area contributed by atoms with E-state index in [4.69, 9.17) is 21.7 Å². The number of carbonyl (C=O) groups excluding carboxylic acids is 1. The van der Waals surface area contributed by atoms with E-state index >= 15 is 0 Å². The van der Waals surface area contributed by atoms with Gasteiger partial charge >= 0.3 is 0 Å². The van der Waals surface area contributed by atoms with Crippen LogP contribution in [0, 0.1) is 0 Å². The van der Waals surface area contributed by atoms with Gasteiger partial charge in [0, 0.05) is 28.0 Å². The molecule has 152 valence electrons. The number of benzene rings is 3. The fraction of sp³-hybridized carbons (Fsp3) is 0.0909. The highest BCUT2D eigenvalue weighted by Gasteiger charge is 2.14. The van der Waals surface area contributed by atoms with Crippen LogP contribution in [-0.4, -0.2) is 23.6 Å². The summed E-state index contributed by atoms with van der Waals surface area (Å²) in [5.41, 5.74) is 2.45. The SMILES string of the molecule is O=C(CSc1cccc(NC(=S)Nc2ccccc2)c1)Nc1ccc2c(c1)OCO2. The van der Waals surface area contributed by atoms with Crippen LogP contribution in [0.1, 0.15) is 0 Å². The van der Waals surface area contributed by atoms with Crippen LogP contribution in [-0.2, 0) is 4.79 Å². The first-order valence-corrected chi connectivity index (χ1v) is 10.6. The highest BCUT2D eigenvalue weighted by molar-refractivity contribution is 8.00. The third-order valence-electron chi connectivity index (χ3n) is 4.15. The third-order valence-corrected chi connectivity index (χ3v) is 5.35. The number of carbonyl (C=O) groups is 1. The number of rotatable bonds is 6. The Morgan fingerprint density at radius 3 is 2.43 bits per heavy atom. The van der Waals surface area contributed by atoms with Gasteiger partial charge in [-0.15, -0.1) is 11.8 Å². The average Bonchev–Trinajstić information content (AvgIpc) is 3.21. The van der Waals surface area contributed by atoms with Crippen molar-refractivity contribution in [2.45, 2.75) is 4.90 Å². The number of hydrogen-bond acceptors (Lipinski definition) is 5. The van der Waals surface area contributed by atoms with Crippen molar-refractivity contribution in [3.63, 3.8) is 0 Å². The smallest absolute Gasteiger partial charge is 0.234 e. The zero-order chi connectivity index (χ0) is 20.8. The summed E-state index contributed by atoms with van der Waals surface area (Å²) in [5.74, 6) is 1.51. The lowest BCUT2D eigenvalue weighted by atomic mass is 10.3. The molecule has 0 spiro atoms. The van der Waals surface area contributed by atoms with Crippen LogP contribution >= 0.6 is 24.0 Å². The van der Waals surface area contributed by atoms with E-state index in [1.807, 2.05) is 54.6 Å². The minimum absolute atomic E-state index is 0.0986. The molecule has 0 radical (unpaired) electrons. The van der Waals surface area contributed by atoms with E-state index in [2.05, 4.69) is 16.0 Å². The molecular formula is C22H19N3O3S2. The predicted molar refractivity (Wildman–Crippen MR) is 125 cm³/mol. The number of ether oxygens (including phenoxy) is 2. The van der Waals surface area contributed by atoms with Gasteiger partial charge in [-0.3, -0.25) is 4.79 Å². The molecule has 0 unspecified atom stereocenters. The van der Waals surface area contributed by atoms with Crippen molar-refractivity contribution in [2.75, 3.05) is 28.5 Å². The summed E-state index contributed by atoms with van der Waals surface area (Å²) in [6.07, 6.45) is 0. The summed E-state index contributed by atoms with van der Waals surface area (Å²) >= 11 is 6.81. The van der Waals surface area contributed by atoms with Gasteiger partial charge in [0.05, 0.1) is 5.75 Å². The van der Waals surface area contributed by atoms with Gasteiger partial charge in [-0.2, -0.15) is 0 Å². The molecule has 3 aromatic rings. The molecule has 1 aliphatic rings. The number of nitrogens with one attached hydrogen (secondary N) is 3. The first kappa shape index (κ1) is 20.1. The molecule has 0 saturated carbocycles. The largest absolute Gasteiger partial charge is 0.454 e. The maximum Gasteiger partial charge on any atom is 0.234 e. The van der Waals surface area contributed by atoms with Crippen molar-refractivity contribution in [1.29, 1.82) is 0 Å². The standard InChI is InChI=1S/C22H19N3O3S2/c26-21(23-17-9-10-19-20(12-17)28-14-27-19)13-30-18-8-4-7-16(11-18)25-22(29)24-15-5-2-1-3-6-15/h1-12H,13-14H2,(H,23,26)(H2,24,25,29). The Morgan fingerprint density at radius 1 is 0.833 bits per heavy atom. The van der Waals surface area contributed by atoms with Gasteiger partial charge in [0.15, 0.2) is 16.6 Å². The molecule has 1 amide bonds. The molecule has 4 rings (SSSR count). The van der Waals surface area contributed by atoms with E-state index in [0.29, 0.717) is 22.3 Å². The second-order valence-corrected chi connectivity index (χ2v) is 7.83. The van der Waals surface area contributed by atoms with E-state index in [9.17, 15) is 4.79 Å². The molecule has 0 aromatic heterocycles. The van der Waals surface area contributed by atoms with Crippen LogP contribution in [0.2, 0.25) is 0 Å². The first-order valence-electron chi connectivity index (χ1n) is 9.21. The zero-order valence-electron chi connectivity index (χ0n) is 15.9. The molecule has 8 heteroatoms. The number of anilines is 3. The minimum atomic E-state index is -0.0986. The Hall–Kier alpha value is -3.23. The summed E-state index contributed by atoms with van der Waals surface area (Å²) in [5, 5.41) is 9.68. The van der Waals surface area contributed by atoms with Gasteiger partial charge in [0.1, 0.15) is 0 Å². The maximum absolute atomic E-state index is 12.3. The summed E-state index contributed by atoms with van der Waals surface area (Å²) in [6.45, 7) is 0.206. The second-order valence-electron chi connectivity index (χ2n) is 6.38. The minimum Gasteiger partial charge on any atom is -0.454 e. The van der Waals surface area contributed by atoms with Crippen LogP contribution in [0.15, 0.2) is 77.7 Å².